The maximum absolute atomic E-state index is 14.1. The maximum Gasteiger partial charge on any atom is 0.243 e. The van der Waals surface area contributed by atoms with Gasteiger partial charge >= 0.3 is 0 Å². The number of aryl methyl sites for hydroxylation is 3. The quantitative estimate of drug-likeness (QED) is 0.0786. The second-order valence-electron chi connectivity index (χ2n) is 17.7. The zero-order chi connectivity index (χ0) is 53.9. The summed E-state index contributed by atoms with van der Waals surface area (Å²) in [5.41, 5.74) is 8.33. The van der Waals surface area contributed by atoms with Gasteiger partial charge in [-0.25, -0.2) is 0 Å². The fraction of sp³-hybridized carbons (Fsp3) is 0.625. The highest BCUT2D eigenvalue weighted by atomic mass is 35.5. The molecule has 0 aliphatic carbocycles. The summed E-state index contributed by atoms with van der Waals surface area (Å²) < 4.78 is 2.91. The molecule has 0 aliphatic heterocycles. The Bertz CT molecular complexity index is 2240. The number of amides is 8. The Kier molecular flexibility index (Phi) is 27.3. The van der Waals surface area contributed by atoms with Crippen LogP contribution in [0.2, 0.25) is 0 Å². The third kappa shape index (κ3) is 21.7. The first-order valence-electron chi connectivity index (χ1n) is 24.8. The van der Waals surface area contributed by atoms with E-state index in [0.29, 0.717) is 74.8 Å². The number of carbonyl (C=O) groups is 8. The summed E-state index contributed by atoms with van der Waals surface area (Å²) in [6.45, 7) is 6.54. The lowest BCUT2D eigenvalue weighted by Crippen LogP contribution is -2.52. The number of halogens is 2. The number of primary amides is 1. The van der Waals surface area contributed by atoms with Gasteiger partial charge in [0.05, 0.1) is 52.4 Å². The summed E-state index contributed by atoms with van der Waals surface area (Å²) in [6.07, 6.45) is 6.50. The minimum atomic E-state index is -0.747. The van der Waals surface area contributed by atoms with Crippen molar-refractivity contribution in [3.8, 4) is 0 Å². The van der Waals surface area contributed by atoms with Crippen LogP contribution < -0.4 is 16.0 Å². The van der Waals surface area contributed by atoms with Gasteiger partial charge in [0.25, 0.3) is 0 Å². The van der Waals surface area contributed by atoms with Crippen molar-refractivity contribution in [2.45, 2.75) is 85.7 Å². The second-order valence-corrected chi connectivity index (χ2v) is 18.4. The summed E-state index contributed by atoms with van der Waals surface area (Å²) in [4.78, 5) is 118. The predicted octanol–water partition coefficient (Wildman–Crippen LogP) is 1.16. The molecule has 404 valence electrons. The number of nitrogens with one attached hydrogen (secondary N) is 1. The molecule has 3 N–H and O–H groups in total. The first-order valence-corrected chi connectivity index (χ1v) is 25.9. The molecule has 2 aromatic heterocycles. The van der Waals surface area contributed by atoms with Gasteiger partial charge in [-0.2, -0.15) is 0 Å². The fourth-order valence-corrected chi connectivity index (χ4v) is 8.23. The molecule has 8 amide bonds. The lowest BCUT2D eigenvalue weighted by atomic mass is 10.1. The number of aromatic nitrogens is 6. The van der Waals surface area contributed by atoms with Gasteiger partial charge in [0.2, 0.25) is 47.3 Å². The van der Waals surface area contributed by atoms with E-state index >= 15 is 0 Å². The molecule has 3 aromatic rings. The molecule has 0 saturated carbocycles. The average molecular weight is 1060 g/mol. The molecule has 0 unspecified atom stereocenters. The van der Waals surface area contributed by atoms with Crippen LogP contribution in [0.4, 0.5) is 5.69 Å². The highest BCUT2D eigenvalue weighted by Gasteiger charge is 2.30. The normalized spacial score (nSPS) is 10.9. The Morgan fingerprint density at radius 2 is 0.932 bits per heavy atom. The van der Waals surface area contributed by atoms with Crippen molar-refractivity contribution in [1.29, 1.82) is 0 Å². The number of nitrogens with two attached hydrogens (primary N) is 1. The Hall–Kier alpha value is -6.36. The SMILES string of the molecule is CCCN(CC(=O)N(CCC)CC(=O)N(CC(N)=O)Cc1cn(C)nn1)C(=O)CN(CCC)C(=O)CN(CCC)C(=O)CN(Cc1cn(C)nn1)C(=O)CNC(=O)CCCc1ccc(N(CCCl)CCCl)cc1. The third-order valence-electron chi connectivity index (χ3n) is 11.4. The van der Waals surface area contributed by atoms with Crippen LogP contribution in [0.25, 0.3) is 0 Å². The number of nitrogens with zero attached hydrogens (tertiary/aromatic N) is 13. The molecule has 0 bridgehead atoms. The van der Waals surface area contributed by atoms with E-state index in [1.165, 1.54) is 38.8 Å². The van der Waals surface area contributed by atoms with Crippen LogP contribution in [0, 0.1) is 0 Å². The molecule has 0 spiro atoms. The topological polar surface area (TPSA) is 259 Å². The minimum absolute atomic E-state index is 0.0589. The monoisotopic (exact) mass is 1060 g/mol. The molecular weight excluding hydrogens is 986 g/mol. The summed E-state index contributed by atoms with van der Waals surface area (Å²) in [5.74, 6) is -3.26. The lowest BCUT2D eigenvalue weighted by Gasteiger charge is -2.32. The first-order chi connectivity index (χ1) is 34.9. The molecule has 3 rings (SSSR count). The van der Waals surface area contributed by atoms with Crippen LogP contribution in [0.1, 0.15) is 83.2 Å². The number of hydrogen-bond donors (Lipinski definition) is 2. The maximum atomic E-state index is 14.1. The molecule has 0 atom stereocenters. The third-order valence-corrected chi connectivity index (χ3v) is 11.7. The van der Waals surface area contributed by atoms with E-state index in [1.54, 1.807) is 26.5 Å². The van der Waals surface area contributed by atoms with E-state index in [0.717, 1.165) is 11.3 Å². The van der Waals surface area contributed by atoms with Crippen molar-refractivity contribution < 1.29 is 38.4 Å². The molecule has 2 heterocycles. The van der Waals surface area contributed by atoms with Gasteiger partial charge in [0, 0.05) is 89.6 Å². The Balaban J connectivity index is 1.67. The van der Waals surface area contributed by atoms with Crippen molar-refractivity contribution in [3.63, 3.8) is 0 Å². The number of rotatable bonds is 35. The molecule has 0 saturated heterocycles. The molecule has 0 aliphatic rings. The van der Waals surface area contributed by atoms with Crippen LogP contribution in [-0.4, -0.2) is 203 Å². The summed E-state index contributed by atoms with van der Waals surface area (Å²) in [6, 6.07) is 8.01. The van der Waals surface area contributed by atoms with Crippen LogP contribution in [0.3, 0.4) is 0 Å². The van der Waals surface area contributed by atoms with Crippen molar-refractivity contribution in [2.75, 3.05) is 102 Å². The predicted molar refractivity (Wildman–Crippen MR) is 276 cm³/mol. The molecule has 23 nitrogen and oxygen atoms in total. The van der Waals surface area contributed by atoms with E-state index in [2.05, 4.69) is 30.8 Å². The Morgan fingerprint density at radius 1 is 0.548 bits per heavy atom. The van der Waals surface area contributed by atoms with Gasteiger partial charge in [0.1, 0.15) is 17.9 Å². The van der Waals surface area contributed by atoms with Crippen LogP contribution in [0.15, 0.2) is 36.7 Å². The van der Waals surface area contributed by atoms with E-state index in [4.69, 9.17) is 28.9 Å². The number of hydrogen-bond acceptors (Lipinski definition) is 13. The summed E-state index contributed by atoms with van der Waals surface area (Å²) in [7, 11) is 3.32. The smallest absolute Gasteiger partial charge is 0.243 e. The van der Waals surface area contributed by atoms with Gasteiger partial charge in [-0.3, -0.25) is 47.7 Å². The second kappa shape index (κ2) is 32.7. The molecule has 1 aromatic carbocycles. The highest BCUT2D eigenvalue weighted by molar-refractivity contribution is 6.18. The van der Waals surface area contributed by atoms with Crippen LogP contribution in [-0.2, 0) is 72.0 Å². The summed E-state index contributed by atoms with van der Waals surface area (Å²) in [5, 5.41) is 18.6. The van der Waals surface area contributed by atoms with Crippen molar-refractivity contribution in [3.05, 3.63) is 53.6 Å². The number of carbonyl (C=O) groups excluding carboxylic acids is 8. The van der Waals surface area contributed by atoms with Crippen molar-refractivity contribution in [1.82, 2.24) is 64.7 Å². The molecule has 0 radical (unpaired) electrons. The minimum Gasteiger partial charge on any atom is -0.369 e. The van der Waals surface area contributed by atoms with Gasteiger partial charge < -0.3 is 45.3 Å². The molecule has 0 fully saturated rings. The zero-order valence-corrected chi connectivity index (χ0v) is 44.9. The number of alkyl halides is 2. The largest absolute Gasteiger partial charge is 0.369 e. The van der Waals surface area contributed by atoms with Crippen molar-refractivity contribution in [2.24, 2.45) is 19.8 Å². The average Bonchev–Trinajstić information content (AvgIpc) is 3.97. The van der Waals surface area contributed by atoms with Gasteiger partial charge in [-0.15, -0.1) is 33.4 Å². The van der Waals surface area contributed by atoms with E-state index < -0.39 is 54.4 Å². The van der Waals surface area contributed by atoms with Gasteiger partial charge in [-0.05, 0) is 56.2 Å². The Labute approximate surface area is 438 Å². The fourth-order valence-electron chi connectivity index (χ4n) is 7.82. The zero-order valence-electron chi connectivity index (χ0n) is 43.3. The highest BCUT2D eigenvalue weighted by Crippen LogP contribution is 2.17. The Morgan fingerprint density at radius 3 is 1.29 bits per heavy atom. The van der Waals surface area contributed by atoms with Crippen molar-refractivity contribution >= 4 is 76.1 Å². The van der Waals surface area contributed by atoms with Crippen LogP contribution >= 0.6 is 23.2 Å². The summed E-state index contributed by atoms with van der Waals surface area (Å²) >= 11 is 11.9. The van der Waals surface area contributed by atoms with E-state index in [-0.39, 0.29) is 84.3 Å². The lowest BCUT2D eigenvalue weighted by molar-refractivity contribution is -0.148. The van der Waals surface area contributed by atoms with E-state index in [9.17, 15) is 38.4 Å². The number of anilines is 1. The van der Waals surface area contributed by atoms with Crippen LogP contribution in [0.5, 0.6) is 0 Å². The molecule has 25 heteroatoms. The molecular formula is C48H75Cl2N15O8. The van der Waals surface area contributed by atoms with Gasteiger partial charge in [-0.1, -0.05) is 50.3 Å². The molecule has 73 heavy (non-hydrogen) atoms. The van der Waals surface area contributed by atoms with E-state index in [1.807, 2.05) is 52.0 Å². The number of benzene rings is 1. The first kappa shape index (κ1) is 60.9. The van der Waals surface area contributed by atoms with Gasteiger partial charge in [0.15, 0.2) is 0 Å². The standard InChI is InChI=1S/C48H75Cl2N15O8/c1-7-20-60(32-44(69)61(21-8-2)33-46(71)63(23-10-4)35-48(73)64(31-41(51)66)29-38-27-57(5)55-53-38)45(70)34-62(22-9-3)47(72)36-65(30-39-28-58(6)56-54-39)43(68)26-52-42(67)13-11-12-37-14-16-40(17-15-37)59(24-18-49)25-19-50/h14-17,27-28H,7-13,18-26,29-36H2,1-6H3,(H2,51,66)(H,52,67).